The van der Waals surface area contributed by atoms with E-state index in [-0.39, 0.29) is 5.92 Å². The molecule has 0 bridgehead atoms. The van der Waals surface area contributed by atoms with E-state index in [9.17, 15) is 4.39 Å². The lowest BCUT2D eigenvalue weighted by atomic mass is 9.84. The SMILES string of the molecule is CC(F)(c1ccccc1Br)C1CCSC1. The van der Waals surface area contributed by atoms with Crippen LogP contribution in [0.15, 0.2) is 28.7 Å². The molecule has 1 heterocycles. The van der Waals surface area contributed by atoms with Crippen LogP contribution in [0, 0.1) is 5.92 Å². The number of rotatable bonds is 2. The van der Waals surface area contributed by atoms with E-state index in [0.717, 1.165) is 28.0 Å². The zero-order valence-corrected chi connectivity index (χ0v) is 11.1. The van der Waals surface area contributed by atoms with Gasteiger partial charge in [0.25, 0.3) is 0 Å². The van der Waals surface area contributed by atoms with Gasteiger partial charge >= 0.3 is 0 Å². The van der Waals surface area contributed by atoms with Gasteiger partial charge in [0.05, 0.1) is 0 Å². The molecule has 0 aromatic heterocycles. The second-order valence-corrected chi connectivity index (χ2v) is 6.12. The first-order valence-corrected chi connectivity index (χ1v) is 7.09. The van der Waals surface area contributed by atoms with Gasteiger partial charge in [0, 0.05) is 16.0 Å². The van der Waals surface area contributed by atoms with Crippen molar-refractivity contribution in [1.29, 1.82) is 0 Å². The molecule has 0 spiro atoms. The van der Waals surface area contributed by atoms with Gasteiger partial charge < -0.3 is 0 Å². The maximum Gasteiger partial charge on any atom is 0.137 e. The zero-order chi connectivity index (χ0) is 10.9. The Kier molecular flexibility index (Phi) is 3.41. The van der Waals surface area contributed by atoms with Crippen LogP contribution in [-0.2, 0) is 5.67 Å². The lowest BCUT2D eigenvalue weighted by molar-refractivity contribution is 0.115. The number of hydrogen-bond donors (Lipinski definition) is 0. The zero-order valence-electron chi connectivity index (χ0n) is 8.67. The van der Waals surface area contributed by atoms with Crippen molar-refractivity contribution in [3.63, 3.8) is 0 Å². The molecule has 0 radical (unpaired) electrons. The summed E-state index contributed by atoms with van der Waals surface area (Å²) in [6, 6.07) is 7.62. The summed E-state index contributed by atoms with van der Waals surface area (Å²) in [5.74, 6) is 2.18. The molecule has 1 fully saturated rings. The van der Waals surface area contributed by atoms with Crippen molar-refractivity contribution in [3.8, 4) is 0 Å². The fourth-order valence-corrected chi connectivity index (χ4v) is 4.09. The van der Waals surface area contributed by atoms with Crippen LogP contribution < -0.4 is 0 Å². The van der Waals surface area contributed by atoms with Crippen molar-refractivity contribution in [2.75, 3.05) is 11.5 Å². The molecule has 0 N–H and O–H groups in total. The fourth-order valence-electron chi connectivity index (χ4n) is 2.04. The topological polar surface area (TPSA) is 0 Å². The smallest absolute Gasteiger partial charge is 0.137 e. The molecule has 1 aromatic carbocycles. The Morgan fingerprint density at radius 2 is 2.20 bits per heavy atom. The third-order valence-electron chi connectivity index (χ3n) is 3.10. The standard InChI is InChI=1S/C12H14BrFS/c1-12(14,9-6-7-15-8-9)10-4-2-3-5-11(10)13/h2-5,9H,6-8H2,1H3. The summed E-state index contributed by atoms with van der Waals surface area (Å²) >= 11 is 5.29. The summed E-state index contributed by atoms with van der Waals surface area (Å²) in [7, 11) is 0. The van der Waals surface area contributed by atoms with Gasteiger partial charge in [-0.05, 0) is 30.9 Å². The van der Waals surface area contributed by atoms with Gasteiger partial charge in [-0.15, -0.1) is 0 Å². The molecule has 2 atom stereocenters. The third-order valence-corrected chi connectivity index (χ3v) is 4.95. The molecule has 0 nitrogen and oxygen atoms in total. The van der Waals surface area contributed by atoms with Crippen LogP contribution in [0.5, 0.6) is 0 Å². The molecular formula is C12H14BrFS. The van der Waals surface area contributed by atoms with Crippen molar-refractivity contribution < 1.29 is 4.39 Å². The van der Waals surface area contributed by atoms with E-state index in [4.69, 9.17) is 0 Å². The van der Waals surface area contributed by atoms with Crippen LogP contribution in [0.3, 0.4) is 0 Å². The molecule has 1 aromatic rings. The number of thioether (sulfide) groups is 1. The van der Waals surface area contributed by atoms with Crippen molar-refractivity contribution in [2.24, 2.45) is 5.92 Å². The van der Waals surface area contributed by atoms with Gasteiger partial charge in [-0.1, -0.05) is 34.1 Å². The first-order chi connectivity index (χ1) is 7.12. The molecule has 0 aliphatic carbocycles. The minimum Gasteiger partial charge on any atom is -0.239 e. The van der Waals surface area contributed by atoms with Crippen molar-refractivity contribution in [2.45, 2.75) is 19.0 Å². The maximum absolute atomic E-state index is 14.7. The van der Waals surface area contributed by atoms with E-state index in [2.05, 4.69) is 15.9 Å². The first kappa shape index (κ1) is 11.5. The molecule has 15 heavy (non-hydrogen) atoms. The predicted octanol–water partition coefficient (Wildman–Crippen LogP) is 4.39. The van der Waals surface area contributed by atoms with Crippen molar-refractivity contribution in [1.82, 2.24) is 0 Å². The maximum atomic E-state index is 14.7. The summed E-state index contributed by atoms with van der Waals surface area (Å²) in [6.45, 7) is 1.71. The van der Waals surface area contributed by atoms with Crippen molar-refractivity contribution in [3.05, 3.63) is 34.3 Å². The number of halogens is 2. The van der Waals surface area contributed by atoms with E-state index < -0.39 is 5.67 Å². The molecule has 1 aliphatic rings. The van der Waals surface area contributed by atoms with E-state index in [1.54, 1.807) is 6.92 Å². The number of hydrogen-bond acceptors (Lipinski definition) is 1. The molecule has 3 heteroatoms. The Hall–Kier alpha value is -0.0200. The van der Waals surface area contributed by atoms with E-state index in [1.807, 2.05) is 36.0 Å². The van der Waals surface area contributed by atoms with Crippen LogP contribution in [0.25, 0.3) is 0 Å². The van der Waals surface area contributed by atoms with Crippen LogP contribution in [0.4, 0.5) is 4.39 Å². The average Bonchev–Trinajstić information content (AvgIpc) is 2.71. The summed E-state index contributed by atoms with van der Waals surface area (Å²) < 4.78 is 15.6. The Bertz CT molecular complexity index is 345. The van der Waals surface area contributed by atoms with Gasteiger partial charge in [-0.25, -0.2) is 4.39 Å². The predicted molar refractivity (Wildman–Crippen MR) is 68.0 cm³/mol. The lowest BCUT2D eigenvalue weighted by Crippen LogP contribution is -2.27. The molecular weight excluding hydrogens is 275 g/mol. The molecule has 82 valence electrons. The van der Waals surface area contributed by atoms with Crippen LogP contribution in [-0.4, -0.2) is 11.5 Å². The van der Waals surface area contributed by atoms with Gasteiger partial charge in [-0.3, -0.25) is 0 Å². The largest absolute Gasteiger partial charge is 0.239 e. The molecule has 1 aliphatic heterocycles. The molecule has 0 saturated carbocycles. The van der Waals surface area contributed by atoms with E-state index in [1.165, 1.54) is 0 Å². The van der Waals surface area contributed by atoms with Crippen LogP contribution >= 0.6 is 27.7 Å². The first-order valence-electron chi connectivity index (χ1n) is 5.14. The molecule has 1 saturated heterocycles. The highest BCUT2D eigenvalue weighted by Gasteiger charge is 2.39. The number of benzene rings is 1. The molecule has 0 amide bonds. The van der Waals surface area contributed by atoms with Crippen LogP contribution in [0.1, 0.15) is 18.9 Å². The summed E-state index contributed by atoms with van der Waals surface area (Å²) in [5.41, 5.74) is -0.415. The highest BCUT2D eigenvalue weighted by Crippen LogP contribution is 2.43. The minimum absolute atomic E-state index is 0.154. The fraction of sp³-hybridized carbons (Fsp3) is 0.500. The van der Waals surface area contributed by atoms with E-state index in [0.29, 0.717) is 0 Å². The molecule has 2 rings (SSSR count). The Morgan fingerprint density at radius 3 is 2.80 bits per heavy atom. The van der Waals surface area contributed by atoms with Gasteiger partial charge in [0.15, 0.2) is 0 Å². The number of alkyl halides is 1. The highest BCUT2D eigenvalue weighted by atomic mass is 79.9. The highest BCUT2D eigenvalue weighted by molar-refractivity contribution is 9.10. The Morgan fingerprint density at radius 1 is 1.47 bits per heavy atom. The van der Waals surface area contributed by atoms with Gasteiger partial charge in [0.2, 0.25) is 0 Å². The van der Waals surface area contributed by atoms with Crippen molar-refractivity contribution >= 4 is 27.7 Å². The summed E-state index contributed by atoms with van der Waals surface area (Å²) in [4.78, 5) is 0. The Balaban J connectivity index is 2.31. The summed E-state index contributed by atoms with van der Waals surface area (Å²) in [5, 5.41) is 0. The quantitative estimate of drug-likeness (QED) is 0.778. The second-order valence-electron chi connectivity index (χ2n) is 4.12. The molecule has 2 unspecified atom stereocenters. The van der Waals surface area contributed by atoms with Gasteiger partial charge in [-0.2, -0.15) is 11.8 Å². The average molecular weight is 289 g/mol. The van der Waals surface area contributed by atoms with E-state index >= 15 is 0 Å². The Labute approximate surface area is 103 Å². The normalized spacial score (nSPS) is 25.1. The monoisotopic (exact) mass is 288 g/mol. The second kappa shape index (κ2) is 4.46. The summed E-state index contributed by atoms with van der Waals surface area (Å²) in [6.07, 6.45) is 0.985. The van der Waals surface area contributed by atoms with Crippen LogP contribution in [0.2, 0.25) is 0 Å². The third kappa shape index (κ3) is 2.23. The minimum atomic E-state index is -1.20. The lowest BCUT2D eigenvalue weighted by Gasteiger charge is -2.28. The van der Waals surface area contributed by atoms with Gasteiger partial charge in [0.1, 0.15) is 5.67 Å².